The smallest absolute Gasteiger partial charge is 0.325 e. The quantitative estimate of drug-likeness (QED) is 0.838. The number of nitrogens with zero attached hydrogens (tertiary/aromatic N) is 4. The van der Waals surface area contributed by atoms with Gasteiger partial charge in [-0.1, -0.05) is 11.6 Å². The molecule has 0 saturated heterocycles. The van der Waals surface area contributed by atoms with Gasteiger partial charge in [-0.05, 0) is 51.2 Å². The summed E-state index contributed by atoms with van der Waals surface area (Å²) in [5.74, 6) is -0.616. The van der Waals surface area contributed by atoms with Crippen molar-refractivity contribution < 1.29 is 9.90 Å². The van der Waals surface area contributed by atoms with E-state index in [4.69, 9.17) is 16.7 Å². The highest BCUT2D eigenvalue weighted by Crippen LogP contribution is 2.26. The van der Waals surface area contributed by atoms with Gasteiger partial charge in [-0.15, -0.1) is 5.10 Å². The van der Waals surface area contributed by atoms with Gasteiger partial charge in [0.2, 0.25) is 0 Å². The maximum atomic E-state index is 10.7. The summed E-state index contributed by atoms with van der Waals surface area (Å²) in [6.07, 6.45) is 0. The van der Waals surface area contributed by atoms with Gasteiger partial charge in [-0.3, -0.25) is 4.79 Å². The van der Waals surface area contributed by atoms with Crippen LogP contribution >= 0.6 is 34.2 Å². The number of aliphatic carboxylic acids is 1. The van der Waals surface area contributed by atoms with Gasteiger partial charge >= 0.3 is 5.97 Å². The highest BCUT2D eigenvalue weighted by molar-refractivity contribution is 14.1. The average Bonchev–Trinajstić information content (AvgIpc) is 2.69. The van der Waals surface area contributed by atoms with Gasteiger partial charge in [0.05, 0.1) is 0 Å². The molecule has 0 atom stereocenters. The van der Waals surface area contributed by atoms with Crippen molar-refractivity contribution in [3.05, 3.63) is 26.8 Å². The van der Waals surface area contributed by atoms with Gasteiger partial charge in [0.1, 0.15) is 6.54 Å². The minimum absolute atomic E-state index is 0.287. The molecule has 0 spiro atoms. The first-order valence-electron chi connectivity index (χ1n) is 4.51. The monoisotopic (exact) mass is 364 g/mol. The van der Waals surface area contributed by atoms with Crippen molar-refractivity contribution in [3.8, 4) is 11.4 Å². The molecule has 0 amide bonds. The van der Waals surface area contributed by atoms with Gasteiger partial charge in [0.15, 0.2) is 5.82 Å². The lowest BCUT2D eigenvalue weighted by Crippen LogP contribution is -2.12. The van der Waals surface area contributed by atoms with E-state index in [1.165, 1.54) is 4.68 Å². The molecular weight excluding hydrogens is 358 g/mol. The van der Waals surface area contributed by atoms with Crippen molar-refractivity contribution in [1.82, 2.24) is 20.2 Å². The predicted octanol–water partition coefficient (Wildman–Crippen LogP) is 1.68. The molecule has 0 aliphatic rings. The molecule has 1 aromatic carbocycles. The van der Waals surface area contributed by atoms with Crippen molar-refractivity contribution in [3.63, 3.8) is 0 Å². The second-order valence-electron chi connectivity index (χ2n) is 3.18. The fourth-order valence-electron chi connectivity index (χ4n) is 1.30. The van der Waals surface area contributed by atoms with Crippen molar-refractivity contribution in [2.75, 3.05) is 0 Å². The molecule has 8 heteroatoms. The van der Waals surface area contributed by atoms with Crippen molar-refractivity contribution in [2.24, 2.45) is 0 Å². The zero-order valence-corrected chi connectivity index (χ0v) is 11.3. The molecule has 0 radical (unpaired) electrons. The summed E-state index contributed by atoms with van der Waals surface area (Å²) in [4.78, 5) is 10.7. The molecule has 0 aliphatic heterocycles. The van der Waals surface area contributed by atoms with E-state index in [1.54, 1.807) is 12.1 Å². The summed E-state index contributed by atoms with van der Waals surface area (Å²) in [5.41, 5.74) is 0.712. The molecule has 0 saturated carbocycles. The number of aromatic nitrogens is 4. The standard InChI is InChI=1S/C9H6ClIN4O2/c10-5-1-2-7(11)6(3-5)9-12-13-14-15(9)4-8(16)17/h1-3H,4H2,(H,16,17). The number of hydrogen-bond donors (Lipinski definition) is 1. The largest absolute Gasteiger partial charge is 0.480 e. The zero-order valence-electron chi connectivity index (χ0n) is 8.34. The van der Waals surface area contributed by atoms with E-state index < -0.39 is 5.97 Å². The Balaban J connectivity index is 2.49. The number of benzene rings is 1. The second-order valence-corrected chi connectivity index (χ2v) is 4.78. The number of tetrazole rings is 1. The molecule has 1 N–H and O–H groups in total. The lowest BCUT2D eigenvalue weighted by molar-refractivity contribution is -0.137. The highest BCUT2D eigenvalue weighted by atomic mass is 127. The Morgan fingerprint density at radius 1 is 1.53 bits per heavy atom. The second kappa shape index (κ2) is 4.96. The van der Waals surface area contributed by atoms with Crippen LogP contribution in [0.15, 0.2) is 18.2 Å². The van der Waals surface area contributed by atoms with Crippen molar-refractivity contribution in [1.29, 1.82) is 0 Å². The van der Waals surface area contributed by atoms with Gasteiger partial charge in [-0.25, -0.2) is 4.68 Å². The summed E-state index contributed by atoms with van der Waals surface area (Å²) in [6.45, 7) is -0.287. The summed E-state index contributed by atoms with van der Waals surface area (Å²) in [7, 11) is 0. The molecule has 0 bridgehead atoms. The molecular formula is C9H6ClIN4O2. The first kappa shape index (κ1) is 12.2. The Labute approximate surface area is 115 Å². The molecule has 0 aliphatic carbocycles. The predicted molar refractivity (Wildman–Crippen MR) is 68.6 cm³/mol. The summed E-state index contributed by atoms with van der Waals surface area (Å²) in [5, 5.41) is 20.2. The van der Waals surface area contributed by atoms with Gasteiger partial charge < -0.3 is 5.11 Å². The number of carboxylic acid groups (broad SMARTS) is 1. The van der Waals surface area contributed by atoms with E-state index in [-0.39, 0.29) is 6.54 Å². The lowest BCUT2D eigenvalue weighted by Gasteiger charge is -2.04. The van der Waals surface area contributed by atoms with E-state index in [1.807, 2.05) is 6.07 Å². The van der Waals surface area contributed by atoms with Gasteiger partial charge in [0, 0.05) is 14.2 Å². The maximum Gasteiger partial charge on any atom is 0.325 e. The van der Waals surface area contributed by atoms with E-state index in [0.29, 0.717) is 16.4 Å². The first-order valence-corrected chi connectivity index (χ1v) is 5.97. The third-order valence-corrected chi connectivity index (χ3v) is 3.16. The molecule has 1 aromatic heterocycles. The van der Waals surface area contributed by atoms with Crippen LogP contribution in [0.5, 0.6) is 0 Å². The van der Waals surface area contributed by atoms with Crippen LogP contribution in [0.2, 0.25) is 5.02 Å². The van der Waals surface area contributed by atoms with E-state index in [9.17, 15) is 4.79 Å². The van der Waals surface area contributed by atoms with Gasteiger partial charge in [0.25, 0.3) is 0 Å². The average molecular weight is 365 g/mol. The van der Waals surface area contributed by atoms with Crippen LogP contribution in [-0.4, -0.2) is 31.3 Å². The summed E-state index contributed by atoms with van der Waals surface area (Å²) < 4.78 is 2.12. The summed E-state index contributed by atoms with van der Waals surface area (Å²) in [6, 6.07) is 5.27. The van der Waals surface area contributed by atoms with Crippen LogP contribution < -0.4 is 0 Å². The number of rotatable bonds is 3. The number of carbonyl (C=O) groups is 1. The van der Waals surface area contributed by atoms with Crippen LogP contribution in [0, 0.1) is 3.57 Å². The topological polar surface area (TPSA) is 80.9 Å². The van der Waals surface area contributed by atoms with Crippen LogP contribution in [-0.2, 0) is 11.3 Å². The van der Waals surface area contributed by atoms with Crippen LogP contribution in [0.25, 0.3) is 11.4 Å². The molecule has 2 aromatic rings. The minimum Gasteiger partial charge on any atom is -0.480 e. The lowest BCUT2D eigenvalue weighted by atomic mass is 10.2. The third-order valence-electron chi connectivity index (χ3n) is 1.99. The first-order chi connectivity index (χ1) is 8.08. The van der Waals surface area contributed by atoms with Crippen molar-refractivity contribution in [2.45, 2.75) is 6.54 Å². The molecule has 88 valence electrons. The minimum atomic E-state index is -1.00. The van der Waals surface area contributed by atoms with Crippen LogP contribution in [0.3, 0.4) is 0 Å². The van der Waals surface area contributed by atoms with Crippen molar-refractivity contribution >= 4 is 40.2 Å². The normalized spacial score (nSPS) is 10.5. The molecule has 1 heterocycles. The number of halogens is 2. The van der Waals surface area contributed by atoms with Gasteiger partial charge in [-0.2, -0.15) is 0 Å². The Hall–Kier alpha value is -1.22. The number of hydrogen-bond acceptors (Lipinski definition) is 4. The van der Waals surface area contributed by atoms with E-state index in [2.05, 4.69) is 38.1 Å². The Morgan fingerprint density at radius 2 is 2.29 bits per heavy atom. The Morgan fingerprint density at radius 3 is 3.00 bits per heavy atom. The van der Waals surface area contributed by atoms with Crippen LogP contribution in [0.1, 0.15) is 0 Å². The third kappa shape index (κ3) is 2.72. The van der Waals surface area contributed by atoms with Crippen LogP contribution in [0.4, 0.5) is 0 Å². The highest BCUT2D eigenvalue weighted by Gasteiger charge is 2.14. The SMILES string of the molecule is O=C(O)Cn1nnnc1-c1cc(Cl)ccc1I. The Bertz CT molecular complexity index is 572. The number of carboxylic acids is 1. The Kier molecular flexibility index (Phi) is 3.57. The fraction of sp³-hybridized carbons (Fsp3) is 0.111. The van der Waals surface area contributed by atoms with E-state index >= 15 is 0 Å². The molecule has 0 unspecified atom stereocenters. The molecule has 0 fully saturated rings. The molecule has 2 rings (SSSR count). The fourth-order valence-corrected chi connectivity index (χ4v) is 2.05. The summed E-state index contributed by atoms with van der Waals surface area (Å²) >= 11 is 8.01. The van der Waals surface area contributed by atoms with E-state index in [0.717, 1.165) is 3.57 Å². The zero-order chi connectivity index (χ0) is 12.4. The molecule has 6 nitrogen and oxygen atoms in total. The molecule has 17 heavy (non-hydrogen) atoms. The maximum absolute atomic E-state index is 10.7.